The predicted octanol–water partition coefficient (Wildman–Crippen LogP) is 6.39. The Kier molecular flexibility index (Phi) is 4.35. The number of pyridine rings is 1. The maximum absolute atomic E-state index is 13.0. The summed E-state index contributed by atoms with van der Waals surface area (Å²) in [5.41, 5.74) is -1.00. The van der Waals surface area contributed by atoms with Gasteiger partial charge in [-0.2, -0.15) is 13.2 Å². The molecule has 1 aromatic heterocycles. The van der Waals surface area contributed by atoms with Crippen LogP contribution >= 0.6 is 47.0 Å². The van der Waals surface area contributed by atoms with E-state index in [2.05, 4.69) is 4.98 Å². The summed E-state index contributed by atoms with van der Waals surface area (Å²) in [6.45, 7) is 0. The van der Waals surface area contributed by atoms with Crippen LogP contribution in [0.2, 0.25) is 15.1 Å². The first-order valence-corrected chi connectivity index (χ1v) is 6.70. The van der Waals surface area contributed by atoms with Crippen LogP contribution < -0.4 is 0 Å². The largest absolute Gasteiger partial charge is 0.431 e. The van der Waals surface area contributed by atoms with Gasteiger partial charge in [0, 0.05) is 11.1 Å². The number of benzene rings is 1. The third-order valence-corrected chi connectivity index (χ3v) is 3.78. The van der Waals surface area contributed by atoms with Crippen molar-refractivity contribution in [3.05, 3.63) is 49.7 Å². The zero-order valence-electron chi connectivity index (χ0n) is 9.49. The van der Waals surface area contributed by atoms with E-state index in [0.717, 1.165) is 0 Å². The number of rotatable bonds is 1. The Balaban J connectivity index is 2.77. The van der Waals surface area contributed by atoms with Gasteiger partial charge in [0.05, 0.1) is 15.1 Å². The van der Waals surface area contributed by atoms with Crippen LogP contribution in [0.15, 0.2) is 24.3 Å². The third kappa shape index (κ3) is 3.11. The number of hydrogen-bond donors (Lipinski definition) is 1. The first kappa shape index (κ1) is 15.6. The summed E-state index contributed by atoms with van der Waals surface area (Å²) < 4.78 is 39.1. The van der Waals surface area contributed by atoms with Crippen LogP contribution in [0.4, 0.5) is 13.2 Å². The molecule has 0 saturated heterocycles. The van der Waals surface area contributed by atoms with Gasteiger partial charge in [-0.15, -0.1) is 0 Å². The molecule has 0 radical (unpaired) electrons. The molecule has 1 heterocycles. The molecule has 1 nitrogen and oxygen atoms in total. The third-order valence-electron chi connectivity index (χ3n) is 2.50. The smallest absolute Gasteiger partial charge is 0.342 e. The molecule has 1 aromatic carbocycles. The highest BCUT2D eigenvalue weighted by molar-refractivity contribution is 7.71. The Morgan fingerprint density at radius 1 is 0.900 bits per heavy atom. The first-order valence-electron chi connectivity index (χ1n) is 5.15. The average Bonchev–Trinajstić information content (AvgIpc) is 2.33. The molecule has 0 aliphatic heterocycles. The standard InChI is InChI=1S/C12H5Cl3F3NS/c13-7-4-9(15)8(14)3-6(7)5-1-2-10(20)19-11(5)12(16,17)18/h1-4H,(H,19,20). The summed E-state index contributed by atoms with van der Waals surface area (Å²) in [4.78, 5) is 2.13. The van der Waals surface area contributed by atoms with Crippen LogP contribution in [0.25, 0.3) is 11.1 Å². The van der Waals surface area contributed by atoms with Gasteiger partial charge >= 0.3 is 6.18 Å². The van der Waals surface area contributed by atoms with Gasteiger partial charge in [-0.25, -0.2) is 0 Å². The van der Waals surface area contributed by atoms with Crippen LogP contribution in [0, 0.1) is 4.64 Å². The van der Waals surface area contributed by atoms with Gasteiger partial charge in [0.15, 0.2) is 0 Å². The van der Waals surface area contributed by atoms with Crippen molar-refractivity contribution in [1.29, 1.82) is 0 Å². The van der Waals surface area contributed by atoms with Crippen molar-refractivity contribution in [3.8, 4) is 11.1 Å². The number of H-pyrrole nitrogens is 1. The molecule has 1 N–H and O–H groups in total. The molecule has 0 bridgehead atoms. The van der Waals surface area contributed by atoms with E-state index in [0.29, 0.717) is 0 Å². The summed E-state index contributed by atoms with van der Waals surface area (Å²) in [6.07, 6.45) is -4.60. The molecule has 0 aliphatic carbocycles. The summed E-state index contributed by atoms with van der Waals surface area (Å²) in [5.74, 6) is 0. The van der Waals surface area contributed by atoms with E-state index in [1.807, 2.05) is 0 Å². The second kappa shape index (κ2) is 5.56. The van der Waals surface area contributed by atoms with Crippen molar-refractivity contribution < 1.29 is 13.2 Å². The van der Waals surface area contributed by atoms with Gasteiger partial charge in [0.2, 0.25) is 0 Å². The van der Waals surface area contributed by atoms with E-state index in [1.54, 1.807) is 0 Å². The maximum atomic E-state index is 13.0. The minimum absolute atomic E-state index is 0.0303. The van der Waals surface area contributed by atoms with E-state index >= 15 is 0 Å². The van der Waals surface area contributed by atoms with Crippen LogP contribution in [-0.4, -0.2) is 4.98 Å². The minimum atomic E-state index is -4.60. The van der Waals surface area contributed by atoms with Gasteiger partial charge in [0.25, 0.3) is 0 Å². The molecule has 0 amide bonds. The zero-order valence-corrected chi connectivity index (χ0v) is 12.6. The molecule has 0 atom stereocenters. The number of aromatic nitrogens is 1. The lowest BCUT2D eigenvalue weighted by atomic mass is 10.0. The molecule has 0 unspecified atom stereocenters. The van der Waals surface area contributed by atoms with Crippen molar-refractivity contribution in [2.24, 2.45) is 0 Å². The lowest BCUT2D eigenvalue weighted by Gasteiger charge is -2.14. The van der Waals surface area contributed by atoms with Crippen molar-refractivity contribution >= 4 is 47.0 Å². The molecule has 106 valence electrons. The van der Waals surface area contributed by atoms with Crippen molar-refractivity contribution in [3.63, 3.8) is 0 Å². The second-order valence-corrected chi connectivity index (χ2v) is 5.52. The molecule has 0 spiro atoms. The number of hydrogen-bond acceptors (Lipinski definition) is 1. The van der Waals surface area contributed by atoms with E-state index in [-0.39, 0.29) is 30.8 Å². The monoisotopic (exact) mass is 357 g/mol. The second-order valence-electron chi connectivity index (χ2n) is 3.86. The van der Waals surface area contributed by atoms with Gasteiger partial charge in [-0.05, 0) is 24.3 Å². The molecule has 20 heavy (non-hydrogen) atoms. The number of aromatic amines is 1. The fraction of sp³-hybridized carbons (Fsp3) is 0.0833. The Bertz CT molecular complexity index is 725. The number of nitrogens with one attached hydrogen (secondary N) is 1. The Morgan fingerprint density at radius 3 is 2.10 bits per heavy atom. The van der Waals surface area contributed by atoms with Gasteiger partial charge in [-0.3, -0.25) is 0 Å². The zero-order chi connectivity index (χ0) is 15.1. The first-order chi connectivity index (χ1) is 9.20. The quantitative estimate of drug-likeness (QED) is 0.461. The van der Waals surface area contributed by atoms with Crippen LogP contribution in [0.3, 0.4) is 0 Å². The summed E-state index contributed by atoms with van der Waals surface area (Å²) in [5, 5.41) is 0.343. The van der Waals surface area contributed by atoms with E-state index in [1.165, 1.54) is 24.3 Å². The fourth-order valence-electron chi connectivity index (χ4n) is 1.65. The molecule has 2 aromatic rings. The summed E-state index contributed by atoms with van der Waals surface area (Å²) in [6, 6.07) is 5.17. The molecule has 2 rings (SSSR count). The highest BCUT2D eigenvalue weighted by Crippen LogP contribution is 2.40. The Morgan fingerprint density at radius 2 is 1.50 bits per heavy atom. The molecule has 0 aliphatic rings. The Labute approximate surface area is 132 Å². The van der Waals surface area contributed by atoms with Crippen LogP contribution in [-0.2, 0) is 6.18 Å². The van der Waals surface area contributed by atoms with Crippen LogP contribution in [0.1, 0.15) is 5.69 Å². The number of alkyl halides is 3. The predicted molar refractivity (Wildman–Crippen MR) is 77.1 cm³/mol. The maximum Gasteiger partial charge on any atom is 0.431 e. The van der Waals surface area contributed by atoms with E-state index in [9.17, 15) is 13.2 Å². The highest BCUT2D eigenvalue weighted by atomic mass is 35.5. The normalized spacial score (nSPS) is 11.7. The van der Waals surface area contributed by atoms with Crippen LogP contribution in [0.5, 0.6) is 0 Å². The molecular weight excluding hydrogens is 354 g/mol. The highest BCUT2D eigenvalue weighted by Gasteiger charge is 2.35. The van der Waals surface area contributed by atoms with Gasteiger partial charge in [0.1, 0.15) is 10.3 Å². The SMILES string of the molecule is FC(F)(F)c1[nH]c(=S)ccc1-c1cc(Cl)c(Cl)cc1Cl. The van der Waals surface area contributed by atoms with Gasteiger partial charge < -0.3 is 4.98 Å². The van der Waals surface area contributed by atoms with Crippen molar-refractivity contribution in [2.75, 3.05) is 0 Å². The van der Waals surface area contributed by atoms with Crippen molar-refractivity contribution in [2.45, 2.75) is 6.18 Å². The van der Waals surface area contributed by atoms with Crippen molar-refractivity contribution in [1.82, 2.24) is 4.98 Å². The minimum Gasteiger partial charge on any atom is -0.342 e. The number of halogens is 6. The average molecular weight is 359 g/mol. The summed E-state index contributed by atoms with van der Waals surface area (Å²) >= 11 is 22.3. The van der Waals surface area contributed by atoms with Gasteiger partial charge in [-0.1, -0.05) is 47.0 Å². The lowest BCUT2D eigenvalue weighted by Crippen LogP contribution is -2.10. The van der Waals surface area contributed by atoms with E-state index in [4.69, 9.17) is 47.0 Å². The topological polar surface area (TPSA) is 15.8 Å². The molecule has 0 fully saturated rings. The molecular formula is C12H5Cl3F3NS. The fourth-order valence-corrected chi connectivity index (χ4v) is 2.47. The van der Waals surface area contributed by atoms with E-state index < -0.39 is 11.9 Å². The lowest BCUT2D eigenvalue weighted by molar-refractivity contribution is -0.140. The molecule has 0 saturated carbocycles. The molecule has 8 heteroatoms. The Hall–Kier alpha value is -0.750. The summed E-state index contributed by atoms with van der Waals surface area (Å²) in [7, 11) is 0.